The molecule has 0 spiro atoms. The van der Waals surface area contributed by atoms with E-state index in [-0.39, 0.29) is 24.4 Å². The minimum Gasteiger partial charge on any atom is -0.351 e. The molecule has 3 nitrogen and oxygen atoms in total. The molecule has 0 radical (unpaired) electrons. The molecule has 1 aromatic rings. The zero-order valence-electron chi connectivity index (χ0n) is 12.2. The summed E-state index contributed by atoms with van der Waals surface area (Å²) in [7, 11) is 0. The van der Waals surface area contributed by atoms with Crippen molar-refractivity contribution in [1.29, 1.82) is 0 Å². The van der Waals surface area contributed by atoms with E-state index in [0.717, 1.165) is 24.8 Å². The van der Waals surface area contributed by atoms with E-state index < -0.39 is 0 Å². The number of carbonyl (C=O) groups is 1. The molecule has 3 aliphatic rings. The third kappa shape index (κ3) is 3.24. The Hall–Kier alpha value is -1.06. The van der Waals surface area contributed by atoms with Crippen LogP contribution in [0.3, 0.4) is 0 Å². The standard InChI is InChI=1S/C17H22N2O.ClH/c20-17(19-16(11-5-6-11)12-7-8-12)15-9-13-3-1-2-4-14(13)10-18-15;/h1-4,11-12,15-16,18H,5-10H2,(H,19,20);1H. The van der Waals surface area contributed by atoms with Crippen molar-refractivity contribution in [3.8, 4) is 0 Å². The van der Waals surface area contributed by atoms with E-state index in [9.17, 15) is 4.79 Å². The monoisotopic (exact) mass is 306 g/mol. The maximum absolute atomic E-state index is 12.5. The molecule has 1 unspecified atom stereocenters. The first-order valence-corrected chi connectivity index (χ1v) is 7.92. The van der Waals surface area contributed by atoms with Gasteiger partial charge in [-0.05, 0) is 55.1 Å². The number of carbonyl (C=O) groups excluding carboxylic acids is 1. The van der Waals surface area contributed by atoms with Gasteiger partial charge in [-0.15, -0.1) is 12.4 Å². The van der Waals surface area contributed by atoms with Crippen LogP contribution in [-0.2, 0) is 17.8 Å². The summed E-state index contributed by atoms with van der Waals surface area (Å²) in [6.45, 7) is 0.811. The Labute approximate surface area is 132 Å². The molecule has 1 heterocycles. The Kier molecular flexibility index (Phi) is 4.23. The molecule has 1 aliphatic heterocycles. The summed E-state index contributed by atoms with van der Waals surface area (Å²) in [5, 5.41) is 6.73. The highest BCUT2D eigenvalue weighted by Gasteiger charge is 2.43. The lowest BCUT2D eigenvalue weighted by Gasteiger charge is -2.27. The minimum absolute atomic E-state index is 0. The third-order valence-electron chi connectivity index (χ3n) is 4.97. The van der Waals surface area contributed by atoms with Crippen molar-refractivity contribution >= 4 is 18.3 Å². The topological polar surface area (TPSA) is 41.1 Å². The molecule has 0 saturated heterocycles. The average molecular weight is 307 g/mol. The molecule has 0 bridgehead atoms. The van der Waals surface area contributed by atoms with Crippen LogP contribution in [0.1, 0.15) is 36.8 Å². The molecule has 1 atom stereocenters. The Morgan fingerprint density at radius 1 is 1.10 bits per heavy atom. The Morgan fingerprint density at radius 3 is 2.33 bits per heavy atom. The molecule has 114 valence electrons. The zero-order chi connectivity index (χ0) is 13.5. The van der Waals surface area contributed by atoms with Crippen molar-refractivity contribution in [2.24, 2.45) is 11.8 Å². The number of hydrogen-bond donors (Lipinski definition) is 2. The second kappa shape index (κ2) is 5.98. The summed E-state index contributed by atoms with van der Waals surface area (Å²) in [6, 6.07) is 8.84. The lowest BCUT2D eigenvalue weighted by molar-refractivity contribution is -0.124. The van der Waals surface area contributed by atoms with Crippen LogP contribution < -0.4 is 10.6 Å². The average Bonchev–Trinajstić information content (AvgIpc) is 3.37. The number of halogens is 1. The van der Waals surface area contributed by atoms with E-state index in [1.807, 2.05) is 0 Å². The first kappa shape index (κ1) is 14.9. The molecule has 1 amide bonds. The minimum atomic E-state index is -0.0510. The van der Waals surface area contributed by atoms with E-state index in [1.54, 1.807) is 0 Å². The Morgan fingerprint density at radius 2 is 1.71 bits per heavy atom. The van der Waals surface area contributed by atoms with Gasteiger partial charge in [-0.1, -0.05) is 24.3 Å². The number of fused-ring (bicyclic) bond motifs is 1. The molecule has 2 fully saturated rings. The summed E-state index contributed by atoms with van der Waals surface area (Å²) in [4.78, 5) is 12.5. The van der Waals surface area contributed by atoms with Gasteiger partial charge in [0.2, 0.25) is 5.91 Å². The predicted molar refractivity (Wildman–Crippen MR) is 85.4 cm³/mol. The van der Waals surface area contributed by atoms with Crippen LogP contribution in [0.25, 0.3) is 0 Å². The number of benzene rings is 1. The maximum Gasteiger partial charge on any atom is 0.237 e. The summed E-state index contributed by atoms with van der Waals surface area (Å²) in [5.74, 6) is 1.74. The second-order valence-corrected chi connectivity index (χ2v) is 6.62. The predicted octanol–water partition coefficient (Wildman–Crippen LogP) is 2.43. The Balaban J connectivity index is 0.00000132. The van der Waals surface area contributed by atoms with Gasteiger partial charge in [0.25, 0.3) is 0 Å². The smallest absolute Gasteiger partial charge is 0.237 e. The van der Waals surface area contributed by atoms with Gasteiger partial charge in [0.1, 0.15) is 0 Å². The summed E-state index contributed by atoms with van der Waals surface area (Å²) in [6.07, 6.45) is 6.06. The van der Waals surface area contributed by atoms with Gasteiger partial charge in [-0.2, -0.15) is 0 Å². The number of rotatable bonds is 4. The SMILES string of the molecule is Cl.O=C(NC(C1CC1)C1CC1)C1Cc2ccccc2CN1. The van der Waals surface area contributed by atoms with Crippen molar-refractivity contribution in [3.63, 3.8) is 0 Å². The van der Waals surface area contributed by atoms with Crippen molar-refractivity contribution in [2.75, 3.05) is 0 Å². The van der Waals surface area contributed by atoms with Crippen LogP contribution in [0.5, 0.6) is 0 Å². The summed E-state index contributed by atoms with van der Waals surface area (Å²) < 4.78 is 0. The molecule has 4 rings (SSSR count). The van der Waals surface area contributed by atoms with Gasteiger partial charge in [0.15, 0.2) is 0 Å². The van der Waals surface area contributed by atoms with Crippen molar-refractivity contribution in [1.82, 2.24) is 10.6 Å². The van der Waals surface area contributed by atoms with Gasteiger partial charge in [0, 0.05) is 12.6 Å². The van der Waals surface area contributed by atoms with Gasteiger partial charge in [0.05, 0.1) is 6.04 Å². The zero-order valence-corrected chi connectivity index (χ0v) is 13.0. The van der Waals surface area contributed by atoms with Crippen LogP contribution in [-0.4, -0.2) is 18.0 Å². The molecular formula is C17H23ClN2O. The third-order valence-corrected chi connectivity index (χ3v) is 4.97. The number of amides is 1. The fraction of sp³-hybridized carbons (Fsp3) is 0.588. The lowest BCUT2D eigenvalue weighted by atomic mass is 9.95. The van der Waals surface area contributed by atoms with Crippen molar-refractivity contribution in [3.05, 3.63) is 35.4 Å². The molecular weight excluding hydrogens is 284 g/mol. The second-order valence-electron chi connectivity index (χ2n) is 6.62. The number of nitrogens with one attached hydrogen (secondary N) is 2. The van der Waals surface area contributed by atoms with Crippen LogP contribution in [0.15, 0.2) is 24.3 Å². The van der Waals surface area contributed by atoms with Crippen molar-refractivity contribution < 1.29 is 4.79 Å². The first-order chi connectivity index (χ1) is 9.81. The summed E-state index contributed by atoms with van der Waals surface area (Å²) >= 11 is 0. The quantitative estimate of drug-likeness (QED) is 0.897. The highest BCUT2D eigenvalue weighted by Crippen LogP contribution is 2.44. The molecule has 2 saturated carbocycles. The van der Waals surface area contributed by atoms with E-state index in [2.05, 4.69) is 34.9 Å². The maximum atomic E-state index is 12.5. The van der Waals surface area contributed by atoms with E-state index in [1.165, 1.54) is 36.8 Å². The van der Waals surface area contributed by atoms with E-state index in [4.69, 9.17) is 0 Å². The number of hydrogen-bond acceptors (Lipinski definition) is 2. The highest BCUT2D eigenvalue weighted by molar-refractivity contribution is 5.85. The first-order valence-electron chi connectivity index (χ1n) is 7.92. The largest absolute Gasteiger partial charge is 0.351 e. The molecule has 0 aromatic heterocycles. The lowest BCUT2D eigenvalue weighted by Crippen LogP contribution is -2.51. The van der Waals surface area contributed by atoms with Gasteiger partial charge >= 0.3 is 0 Å². The van der Waals surface area contributed by atoms with Gasteiger partial charge < -0.3 is 10.6 Å². The van der Waals surface area contributed by atoms with Crippen LogP contribution in [0.4, 0.5) is 0 Å². The van der Waals surface area contributed by atoms with Crippen LogP contribution >= 0.6 is 12.4 Å². The molecule has 2 N–H and O–H groups in total. The normalized spacial score (nSPS) is 24.1. The molecule has 4 heteroatoms. The van der Waals surface area contributed by atoms with Gasteiger partial charge in [-0.25, -0.2) is 0 Å². The van der Waals surface area contributed by atoms with Crippen molar-refractivity contribution in [2.45, 2.75) is 50.7 Å². The van der Waals surface area contributed by atoms with Crippen LogP contribution in [0.2, 0.25) is 0 Å². The van der Waals surface area contributed by atoms with Crippen LogP contribution in [0, 0.1) is 11.8 Å². The molecule has 1 aromatic carbocycles. The van der Waals surface area contributed by atoms with E-state index in [0.29, 0.717) is 6.04 Å². The van der Waals surface area contributed by atoms with E-state index >= 15 is 0 Å². The summed E-state index contributed by atoms with van der Waals surface area (Å²) in [5.41, 5.74) is 2.65. The Bertz CT molecular complexity index is 513. The highest BCUT2D eigenvalue weighted by atomic mass is 35.5. The molecule has 21 heavy (non-hydrogen) atoms. The molecule has 2 aliphatic carbocycles. The van der Waals surface area contributed by atoms with Gasteiger partial charge in [-0.3, -0.25) is 4.79 Å². The fourth-order valence-corrected chi connectivity index (χ4v) is 3.44. The fourth-order valence-electron chi connectivity index (χ4n) is 3.44.